The lowest BCUT2D eigenvalue weighted by molar-refractivity contribution is -0.162. The molecule has 0 aromatic carbocycles. The number of nitrogens with zero attached hydrogens (tertiary/aromatic N) is 1. The Labute approximate surface area is 91.7 Å². The Morgan fingerprint density at radius 3 is 2.31 bits per heavy atom. The predicted molar refractivity (Wildman–Crippen MR) is 51.0 cm³/mol. The topological polar surface area (TPSA) is 60.8 Å². The molecule has 0 spiro atoms. The van der Waals surface area contributed by atoms with E-state index in [1.54, 1.807) is 6.92 Å². The van der Waals surface area contributed by atoms with Crippen LogP contribution in [0, 0.1) is 0 Å². The molecule has 0 aliphatic carbocycles. The van der Waals surface area contributed by atoms with Crippen molar-refractivity contribution in [2.45, 2.75) is 32.0 Å². The van der Waals surface area contributed by atoms with E-state index in [1.165, 1.54) is 0 Å². The number of hydrogen-bond acceptors (Lipinski definition) is 3. The SMILES string of the molecule is CCCC(C(=O)O)N(CCO)CC(F)(F)F. The number of aliphatic carboxylic acids is 1. The molecule has 0 saturated carbocycles. The number of carbonyl (C=O) groups is 1. The van der Waals surface area contributed by atoms with Crippen LogP contribution in [0.2, 0.25) is 0 Å². The summed E-state index contributed by atoms with van der Waals surface area (Å²) in [7, 11) is 0. The van der Waals surface area contributed by atoms with Crippen molar-refractivity contribution in [2.24, 2.45) is 0 Å². The molecule has 0 aliphatic rings. The fraction of sp³-hybridized carbons (Fsp3) is 0.889. The van der Waals surface area contributed by atoms with E-state index < -0.39 is 31.3 Å². The van der Waals surface area contributed by atoms with Crippen LogP contribution in [0.4, 0.5) is 13.2 Å². The van der Waals surface area contributed by atoms with Crippen LogP contribution in [0.3, 0.4) is 0 Å². The smallest absolute Gasteiger partial charge is 0.401 e. The molecule has 0 fully saturated rings. The van der Waals surface area contributed by atoms with E-state index in [0.717, 1.165) is 4.90 Å². The van der Waals surface area contributed by atoms with Gasteiger partial charge >= 0.3 is 12.1 Å². The normalized spacial score (nSPS) is 14.1. The van der Waals surface area contributed by atoms with Gasteiger partial charge in [-0.2, -0.15) is 13.2 Å². The van der Waals surface area contributed by atoms with Crippen LogP contribution in [0.5, 0.6) is 0 Å². The lowest BCUT2D eigenvalue weighted by atomic mass is 10.1. The summed E-state index contributed by atoms with van der Waals surface area (Å²) in [6.07, 6.45) is -3.86. The first-order valence-corrected chi connectivity index (χ1v) is 4.96. The molecule has 1 atom stereocenters. The molecule has 0 amide bonds. The molecule has 16 heavy (non-hydrogen) atoms. The molecular weight excluding hydrogens is 227 g/mol. The first-order valence-electron chi connectivity index (χ1n) is 4.96. The highest BCUT2D eigenvalue weighted by atomic mass is 19.4. The molecule has 0 radical (unpaired) electrons. The van der Waals surface area contributed by atoms with Crippen molar-refractivity contribution < 1.29 is 28.2 Å². The second kappa shape index (κ2) is 6.70. The van der Waals surface area contributed by atoms with Gasteiger partial charge in [0.2, 0.25) is 0 Å². The fourth-order valence-electron chi connectivity index (χ4n) is 1.44. The molecule has 0 aromatic rings. The molecule has 0 aromatic heterocycles. The second-order valence-electron chi connectivity index (χ2n) is 3.45. The van der Waals surface area contributed by atoms with Gasteiger partial charge in [-0.1, -0.05) is 13.3 Å². The summed E-state index contributed by atoms with van der Waals surface area (Å²) in [5.41, 5.74) is 0. The number of halogens is 3. The number of aliphatic hydroxyl groups is 1. The standard InChI is InChI=1S/C9H16F3NO3/c1-2-3-7(8(15)16)13(4-5-14)6-9(10,11)12/h7,14H,2-6H2,1H3,(H,15,16). The van der Waals surface area contributed by atoms with E-state index >= 15 is 0 Å². The lowest BCUT2D eigenvalue weighted by Gasteiger charge is -2.28. The summed E-state index contributed by atoms with van der Waals surface area (Å²) in [4.78, 5) is 11.5. The Morgan fingerprint density at radius 2 is 2.00 bits per heavy atom. The van der Waals surface area contributed by atoms with Gasteiger partial charge in [0.15, 0.2) is 0 Å². The van der Waals surface area contributed by atoms with Crippen LogP contribution >= 0.6 is 0 Å². The fourth-order valence-corrected chi connectivity index (χ4v) is 1.44. The summed E-state index contributed by atoms with van der Waals surface area (Å²) in [6.45, 7) is -0.411. The zero-order chi connectivity index (χ0) is 12.8. The third kappa shape index (κ3) is 5.92. The minimum absolute atomic E-state index is 0.130. The van der Waals surface area contributed by atoms with Gasteiger partial charge in [-0.25, -0.2) is 0 Å². The lowest BCUT2D eigenvalue weighted by Crippen LogP contribution is -2.47. The van der Waals surface area contributed by atoms with Gasteiger partial charge in [0.1, 0.15) is 6.04 Å². The van der Waals surface area contributed by atoms with E-state index in [4.69, 9.17) is 10.2 Å². The Balaban J connectivity index is 4.63. The van der Waals surface area contributed by atoms with Gasteiger partial charge in [-0.15, -0.1) is 0 Å². The van der Waals surface area contributed by atoms with Gasteiger partial charge in [-0.3, -0.25) is 9.69 Å². The first kappa shape index (κ1) is 15.2. The summed E-state index contributed by atoms with van der Waals surface area (Å²) in [5.74, 6) is -1.29. The van der Waals surface area contributed by atoms with Crippen molar-refractivity contribution >= 4 is 5.97 Å². The van der Waals surface area contributed by atoms with Crippen molar-refractivity contribution in [1.82, 2.24) is 4.90 Å². The van der Waals surface area contributed by atoms with E-state index in [0.29, 0.717) is 6.42 Å². The molecule has 4 nitrogen and oxygen atoms in total. The third-order valence-electron chi connectivity index (χ3n) is 2.06. The van der Waals surface area contributed by atoms with Gasteiger partial charge in [0, 0.05) is 6.54 Å². The number of carboxylic acids is 1. The Morgan fingerprint density at radius 1 is 1.44 bits per heavy atom. The number of carboxylic acid groups (broad SMARTS) is 1. The molecular formula is C9H16F3NO3. The maximum atomic E-state index is 12.2. The Bertz CT molecular complexity index is 221. The first-order chi connectivity index (χ1) is 7.31. The zero-order valence-electron chi connectivity index (χ0n) is 9.00. The largest absolute Gasteiger partial charge is 0.480 e. The maximum absolute atomic E-state index is 12.2. The van der Waals surface area contributed by atoms with Crippen molar-refractivity contribution in [3.8, 4) is 0 Å². The van der Waals surface area contributed by atoms with E-state index in [9.17, 15) is 18.0 Å². The van der Waals surface area contributed by atoms with Crippen LogP contribution in [0.25, 0.3) is 0 Å². The van der Waals surface area contributed by atoms with E-state index in [-0.39, 0.29) is 13.0 Å². The second-order valence-corrected chi connectivity index (χ2v) is 3.45. The number of aliphatic hydroxyl groups excluding tert-OH is 1. The quantitative estimate of drug-likeness (QED) is 0.702. The van der Waals surface area contributed by atoms with Gasteiger partial charge in [0.05, 0.1) is 13.2 Å². The molecule has 0 heterocycles. The summed E-state index contributed by atoms with van der Waals surface area (Å²) >= 11 is 0. The molecule has 7 heteroatoms. The zero-order valence-corrected chi connectivity index (χ0v) is 9.00. The highest BCUT2D eigenvalue weighted by Gasteiger charge is 2.35. The molecule has 2 N–H and O–H groups in total. The molecule has 0 aliphatic heterocycles. The average Bonchev–Trinajstić information content (AvgIpc) is 2.10. The van der Waals surface area contributed by atoms with E-state index in [2.05, 4.69) is 0 Å². The van der Waals surface area contributed by atoms with Gasteiger partial charge in [-0.05, 0) is 6.42 Å². The third-order valence-corrected chi connectivity index (χ3v) is 2.06. The average molecular weight is 243 g/mol. The Kier molecular flexibility index (Phi) is 6.35. The number of alkyl halides is 3. The highest BCUT2D eigenvalue weighted by Crippen LogP contribution is 2.19. The summed E-state index contributed by atoms with van der Waals surface area (Å²) in [5, 5.41) is 17.4. The molecule has 0 bridgehead atoms. The highest BCUT2D eigenvalue weighted by molar-refractivity contribution is 5.73. The van der Waals surface area contributed by atoms with Crippen molar-refractivity contribution in [2.75, 3.05) is 19.7 Å². The minimum atomic E-state index is -4.46. The molecule has 0 rings (SSSR count). The number of rotatable bonds is 7. The van der Waals surface area contributed by atoms with Crippen LogP contribution in [0.1, 0.15) is 19.8 Å². The van der Waals surface area contributed by atoms with Gasteiger partial charge in [0.25, 0.3) is 0 Å². The molecule has 0 saturated heterocycles. The van der Waals surface area contributed by atoms with Gasteiger partial charge < -0.3 is 10.2 Å². The minimum Gasteiger partial charge on any atom is -0.480 e. The summed E-state index contributed by atoms with van der Waals surface area (Å²) in [6, 6.07) is -1.20. The van der Waals surface area contributed by atoms with Crippen molar-refractivity contribution in [3.63, 3.8) is 0 Å². The predicted octanol–water partition coefficient (Wildman–Crippen LogP) is 1.10. The van der Waals surface area contributed by atoms with E-state index in [1.807, 2.05) is 0 Å². The van der Waals surface area contributed by atoms with Crippen LogP contribution in [-0.2, 0) is 4.79 Å². The molecule has 96 valence electrons. The number of hydrogen-bond donors (Lipinski definition) is 2. The van der Waals surface area contributed by atoms with Crippen molar-refractivity contribution in [3.05, 3.63) is 0 Å². The van der Waals surface area contributed by atoms with Crippen molar-refractivity contribution in [1.29, 1.82) is 0 Å². The maximum Gasteiger partial charge on any atom is 0.401 e. The Hall–Kier alpha value is -0.820. The monoisotopic (exact) mass is 243 g/mol. The summed E-state index contributed by atoms with van der Waals surface area (Å²) < 4.78 is 36.5. The molecule has 1 unspecified atom stereocenters. The van der Waals surface area contributed by atoms with Crippen LogP contribution in [0.15, 0.2) is 0 Å². The van der Waals surface area contributed by atoms with Crippen LogP contribution in [-0.4, -0.2) is 53.0 Å². The van der Waals surface area contributed by atoms with Crippen LogP contribution < -0.4 is 0 Å².